The molecule has 0 aliphatic carbocycles. The first-order chi connectivity index (χ1) is 15.0. The number of primary amides is 1. The van der Waals surface area contributed by atoms with Gasteiger partial charge >= 0.3 is 0 Å². The zero-order valence-electron chi connectivity index (χ0n) is 19.2. The van der Waals surface area contributed by atoms with Gasteiger partial charge in [0.05, 0.1) is 24.9 Å². The molecule has 0 bridgehead atoms. The molecule has 2 aromatic carbocycles. The zero-order valence-corrected chi connectivity index (χ0v) is 19.2. The highest BCUT2D eigenvalue weighted by Crippen LogP contribution is 2.47. The van der Waals surface area contributed by atoms with Gasteiger partial charge in [-0.2, -0.15) is 0 Å². The van der Waals surface area contributed by atoms with Crippen molar-refractivity contribution in [3.05, 3.63) is 58.1 Å². The maximum absolute atomic E-state index is 12.5. The molecule has 32 heavy (non-hydrogen) atoms. The van der Waals surface area contributed by atoms with Crippen LogP contribution in [-0.2, 0) is 17.6 Å². The third kappa shape index (κ3) is 4.07. The second kappa shape index (κ2) is 7.65. The molecule has 0 saturated heterocycles. The van der Waals surface area contributed by atoms with Crippen LogP contribution in [0.4, 0.5) is 0 Å². The van der Waals surface area contributed by atoms with Crippen LogP contribution in [0.3, 0.4) is 0 Å². The highest BCUT2D eigenvalue weighted by Gasteiger charge is 2.39. The topological polar surface area (TPSA) is 103 Å². The fourth-order valence-corrected chi connectivity index (χ4v) is 4.51. The first-order valence-corrected chi connectivity index (χ1v) is 10.7. The third-order valence-corrected chi connectivity index (χ3v) is 5.72. The van der Waals surface area contributed by atoms with E-state index in [4.69, 9.17) is 20.2 Å². The summed E-state index contributed by atoms with van der Waals surface area (Å²) in [5.74, 6) is 0.555. The number of carbonyl (C=O) groups is 2. The van der Waals surface area contributed by atoms with Crippen LogP contribution in [0.5, 0.6) is 11.5 Å². The van der Waals surface area contributed by atoms with E-state index in [0.717, 1.165) is 52.3 Å². The minimum absolute atomic E-state index is 0.209. The van der Waals surface area contributed by atoms with Crippen LogP contribution < -0.4 is 20.5 Å². The fourth-order valence-electron chi connectivity index (χ4n) is 4.51. The lowest BCUT2D eigenvalue weighted by molar-refractivity contribution is -0.117. The Bertz CT molecular complexity index is 1150. The number of fused-ring (bicyclic) bond motifs is 3. The summed E-state index contributed by atoms with van der Waals surface area (Å²) >= 11 is 0. The number of amides is 2. The molecule has 0 radical (unpaired) electrons. The van der Waals surface area contributed by atoms with Gasteiger partial charge in [0.1, 0.15) is 5.60 Å². The van der Waals surface area contributed by atoms with Gasteiger partial charge in [0.25, 0.3) is 5.91 Å². The van der Waals surface area contributed by atoms with Gasteiger partial charge in [0.15, 0.2) is 11.5 Å². The number of carbonyl (C=O) groups excluding carboxylic acids is 2. The van der Waals surface area contributed by atoms with Crippen LogP contribution in [-0.4, -0.2) is 42.3 Å². The Morgan fingerprint density at radius 1 is 1.19 bits per heavy atom. The Morgan fingerprint density at radius 3 is 2.62 bits per heavy atom. The number of nitrogens with two attached hydrogens (primary N) is 1. The van der Waals surface area contributed by atoms with Crippen molar-refractivity contribution in [2.45, 2.75) is 51.7 Å². The van der Waals surface area contributed by atoms with Crippen LogP contribution in [0.2, 0.25) is 0 Å². The largest absolute Gasteiger partial charge is 0.493 e. The van der Waals surface area contributed by atoms with Crippen molar-refractivity contribution >= 4 is 17.5 Å². The van der Waals surface area contributed by atoms with Crippen LogP contribution in [0.15, 0.2) is 35.3 Å². The van der Waals surface area contributed by atoms with Gasteiger partial charge in [-0.1, -0.05) is 12.1 Å². The minimum Gasteiger partial charge on any atom is -0.493 e. The summed E-state index contributed by atoms with van der Waals surface area (Å²) < 4.78 is 11.9. The first kappa shape index (κ1) is 21.9. The lowest BCUT2D eigenvalue weighted by atomic mass is 9.80. The highest BCUT2D eigenvalue weighted by molar-refractivity contribution is 6.17. The quantitative estimate of drug-likeness (QED) is 0.754. The Kier molecular flexibility index (Phi) is 5.23. The van der Waals surface area contributed by atoms with E-state index in [0.29, 0.717) is 5.56 Å². The first-order valence-electron chi connectivity index (χ1n) is 10.7. The summed E-state index contributed by atoms with van der Waals surface area (Å²) in [6.07, 6.45) is 1.51. The molecule has 3 N–H and O–H groups in total. The van der Waals surface area contributed by atoms with Crippen molar-refractivity contribution in [3.63, 3.8) is 0 Å². The average molecular weight is 436 g/mol. The molecule has 2 aromatic rings. The Morgan fingerprint density at radius 2 is 1.94 bits per heavy atom. The minimum atomic E-state index is -0.589. The molecule has 0 unspecified atom stereocenters. The van der Waals surface area contributed by atoms with Crippen LogP contribution in [0.25, 0.3) is 0 Å². The van der Waals surface area contributed by atoms with Crippen LogP contribution in [0, 0.1) is 0 Å². The van der Waals surface area contributed by atoms with Gasteiger partial charge in [-0.3, -0.25) is 14.6 Å². The van der Waals surface area contributed by atoms with Crippen molar-refractivity contribution in [1.82, 2.24) is 5.32 Å². The molecule has 0 atom stereocenters. The molecule has 0 spiro atoms. The Hall–Kier alpha value is -3.35. The maximum Gasteiger partial charge on any atom is 0.251 e. The summed E-state index contributed by atoms with van der Waals surface area (Å²) in [7, 11) is 1.66. The van der Waals surface area contributed by atoms with E-state index >= 15 is 0 Å². The molecule has 168 valence electrons. The normalized spacial score (nSPS) is 17.5. The molecule has 0 aromatic heterocycles. The highest BCUT2D eigenvalue weighted by atomic mass is 16.5. The third-order valence-electron chi connectivity index (χ3n) is 5.72. The smallest absolute Gasteiger partial charge is 0.251 e. The van der Waals surface area contributed by atoms with Crippen molar-refractivity contribution in [2.75, 3.05) is 13.7 Å². The number of nitrogens with one attached hydrogen (secondary N) is 1. The van der Waals surface area contributed by atoms with Crippen molar-refractivity contribution < 1.29 is 19.1 Å². The number of nitrogens with zero attached hydrogens (tertiary/aromatic N) is 1. The summed E-state index contributed by atoms with van der Waals surface area (Å²) in [5.41, 5.74) is 9.89. The molecule has 2 aliphatic rings. The predicted molar refractivity (Wildman–Crippen MR) is 123 cm³/mol. The molecule has 4 rings (SSSR count). The molecule has 7 heteroatoms. The number of benzene rings is 2. The summed E-state index contributed by atoms with van der Waals surface area (Å²) in [6.45, 7) is 8.11. The second-order valence-electron chi connectivity index (χ2n) is 9.64. The molecule has 0 saturated carbocycles. The van der Waals surface area contributed by atoms with Gasteiger partial charge in [0, 0.05) is 28.7 Å². The standard InChI is InChI=1S/C25H29N3O4/c1-24(2)11-16-10-18(31-5)22-17(12-25(3,4)32-22)20(16)21(28-24)14-7-6-8-15(9-14)23(30)27-13-19(26)29/h6-10H,11-13H2,1-5H3,(H2,26,29)(H,27,30). The number of ether oxygens (including phenoxy) is 2. The molecular formula is C25H29N3O4. The monoisotopic (exact) mass is 435 g/mol. The molecule has 2 heterocycles. The summed E-state index contributed by atoms with van der Waals surface area (Å²) in [5, 5.41) is 2.54. The lowest BCUT2D eigenvalue weighted by Gasteiger charge is -2.31. The van der Waals surface area contributed by atoms with Crippen LogP contribution >= 0.6 is 0 Å². The Labute approximate surface area is 188 Å². The zero-order chi connectivity index (χ0) is 23.3. The Balaban J connectivity index is 1.84. The van der Waals surface area contributed by atoms with Gasteiger partial charge < -0.3 is 20.5 Å². The van der Waals surface area contributed by atoms with E-state index in [1.165, 1.54) is 0 Å². The number of rotatable bonds is 5. The van der Waals surface area contributed by atoms with Gasteiger partial charge in [0.2, 0.25) is 5.91 Å². The summed E-state index contributed by atoms with van der Waals surface area (Å²) in [4.78, 5) is 28.7. The average Bonchev–Trinajstić information content (AvgIpc) is 3.04. The number of hydrogen-bond acceptors (Lipinski definition) is 5. The van der Waals surface area contributed by atoms with Crippen LogP contribution in [0.1, 0.15) is 60.3 Å². The SMILES string of the molecule is COc1cc2c(c3c1OC(C)(C)C3)C(c1cccc(C(=O)NCC(N)=O)c1)=NC(C)(C)C2. The fraction of sp³-hybridized carbons (Fsp3) is 0.400. The van der Waals surface area contributed by atoms with Crippen molar-refractivity contribution in [3.8, 4) is 11.5 Å². The van der Waals surface area contributed by atoms with E-state index < -0.39 is 5.91 Å². The van der Waals surface area contributed by atoms with Crippen molar-refractivity contribution in [1.29, 1.82) is 0 Å². The van der Waals surface area contributed by atoms with E-state index in [-0.39, 0.29) is 23.6 Å². The number of hydrogen-bond donors (Lipinski definition) is 2. The molecule has 0 fully saturated rings. The lowest BCUT2D eigenvalue weighted by Crippen LogP contribution is -2.33. The maximum atomic E-state index is 12.5. The molecular weight excluding hydrogens is 406 g/mol. The second-order valence-corrected chi connectivity index (χ2v) is 9.64. The molecule has 2 amide bonds. The van der Waals surface area contributed by atoms with E-state index in [1.807, 2.05) is 12.1 Å². The number of methoxy groups -OCH3 is 1. The van der Waals surface area contributed by atoms with Crippen molar-refractivity contribution in [2.24, 2.45) is 10.7 Å². The van der Waals surface area contributed by atoms with E-state index in [1.54, 1.807) is 19.2 Å². The van der Waals surface area contributed by atoms with Gasteiger partial charge in [-0.05, 0) is 57.9 Å². The molecule has 7 nitrogen and oxygen atoms in total. The van der Waals surface area contributed by atoms with Gasteiger partial charge in [-0.25, -0.2) is 0 Å². The summed E-state index contributed by atoms with van der Waals surface area (Å²) in [6, 6.07) is 9.34. The van der Waals surface area contributed by atoms with Gasteiger partial charge in [-0.15, -0.1) is 0 Å². The number of aliphatic imine (C=N–C) groups is 1. The predicted octanol–water partition coefficient (Wildman–Crippen LogP) is 2.80. The van der Waals surface area contributed by atoms with E-state index in [9.17, 15) is 9.59 Å². The van der Waals surface area contributed by atoms with E-state index in [2.05, 4.69) is 39.1 Å². The molecule has 2 aliphatic heterocycles.